The van der Waals surface area contributed by atoms with Crippen molar-refractivity contribution in [2.45, 2.75) is 26.2 Å². The molecule has 1 aliphatic heterocycles. The molecule has 0 radical (unpaired) electrons. The van der Waals surface area contributed by atoms with Crippen LogP contribution in [0, 0.1) is 23.3 Å². The summed E-state index contributed by atoms with van der Waals surface area (Å²) in [6.07, 6.45) is 7.14. The number of hydrogen-bond acceptors (Lipinski definition) is 6. The Bertz CT molecular complexity index is 1920. The summed E-state index contributed by atoms with van der Waals surface area (Å²) in [6.45, 7) is 7.77. The third-order valence-corrected chi connectivity index (χ3v) is 10.3. The maximum Gasteiger partial charge on any atom is 0.126 e. The molecule has 6 aromatic rings. The Morgan fingerprint density at radius 3 is 0.857 bits per heavy atom. The minimum absolute atomic E-state index is 0.412. The van der Waals surface area contributed by atoms with Gasteiger partial charge in [-0.15, -0.1) is 0 Å². The summed E-state index contributed by atoms with van der Waals surface area (Å²) >= 11 is 0. The summed E-state index contributed by atoms with van der Waals surface area (Å²) in [5.41, 5.74) is 7.94. The first-order valence-electron chi connectivity index (χ1n) is 19.1. The van der Waals surface area contributed by atoms with E-state index in [9.17, 15) is 17.6 Å². The Kier molecular flexibility index (Phi) is 13.3. The fraction of sp³-hybridized carbons (Fsp3) is 0.261. The van der Waals surface area contributed by atoms with E-state index in [1.54, 1.807) is 24.8 Å². The standard InChI is InChI=1S/C46H46F4N6/c47-43-25-37(26-44(48)29-43)33-55-21-17-53(31-35-1-5-39(6-2-35)41-9-13-51-14-10-41)18-22-56(34-38-27-45(49)30-46(50)28-38)24-20-54(19-23-55)32-36-3-7-40(8-4-36)42-11-15-52-16-12-42/h1-16,25-30H,17-24,31-34H2. The molecule has 10 heteroatoms. The van der Waals surface area contributed by atoms with Crippen molar-refractivity contribution in [1.29, 1.82) is 0 Å². The number of nitrogens with zero attached hydrogens (tertiary/aromatic N) is 6. The van der Waals surface area contributed by atoms with Gasteiger partial charge in [0.05, 0.1) is 0 Å². The number of hydrogen-bond donors (Lipinski definition) is 0. The summed E-state index contributed by atoms with van der Waals surface area (Å²) in [5, 5.41) is 0. The zero-order chi connectivity index (χ0) is 38.7. The molecule has 0 unspecified atom stereocenters. The van der Waals surface area contributed by atoms with E-state index in [0.29, 0.717) is 89.7 Å². The lowest BCUT2D eigenvalue weighted by Gasteiger charge is -2.34. The van der Waals surface area contributed by atoms with Gasteiger partial charge in [-0.05, 0) is 93.0 Å². The molecule has 56 heavy (non-hydrogen) atoms. The second-order valence-corrected chi connectivity index (χ2v) is 14.5. The van der Waals surface area contributed by atoms with Crippen LogP contribution < -0.4 is 0 Å². The topological polar surface area (TPSA) is 38.7 Å². The highest BCUT2D eigenvalue weighted by Gasteiger charge is 2.19. The normalized spacial score (nSPS) is 15.6. The van der Waals surface area contributed by atoms with Crippen LogP contribution in [0.4, 0.5) is 17.6 Å². The van der Waals surface area contributed by atoms with Gasteiger partial charge in [-0.3, -0.25) is 29.6 Å². The summed E-state index contributed by atoms with van der Waals surface area (Å²) in [4.78, 5) is 17.6. The van der Waals surface area contributed by atoms with E-state index in [4.69, 9.17) is 0 Å². The predicted molar refractivity (Wildman–Crippen MR) is 213 cm³/mol. The molecule has 0 atom stereocenters. The Morgan fingerprint density at radius 2 is 0.571 bits per heavy atom. The van der Waals surface area contributed by atoms with Crippen LogP contribution in [0.5, 0.6) is 0 Å². The molecule has 2 aromatic heterocycles. The van der Waals surface area contributed by atoms with Gasteiger partial charge < -0.3 is 0 Å². The highest BCUT2D eigenvalue weighted by Crippen LogP contribution is 2.22. The molecule has 0 aliphatic carbocycles. The zero-order valence-electron chi connectivity index (χ0n) is 31.4. The maximum absolute atomic E-state index is 14.3. The van der Waals surface area contributed by atoms with E-state index >= 15 is 0 Å². The summed E-state index contributed by atoms with van der Waals surface area (Å²) < 4.78 is 57.3. The molecule has 1 aliphatic rings. The average Bonchev–Trinajstić information content (AvgIpc) is 3.19. The number of pyridine rings is 2. The van der Waals surface area contributed by atoms with Crippen molar-refractivity contribution in [2.24, 2.45) is 0 Å². The number of aromatic nitrogens is 2. The first kappa shape index (κ1) is 39.0. The Morgan fingerprint density at radius 1 is 0.321 bits per heavy atom. The molecular formula is C46H46F4N6. The van der Waals surface area contributed by atoms with Gasteiger partial charge in [-0.2, -0.15) is 0 Å². The number of benzene rings is 4. The van der Waals surface area contributed by atoms with E-state index in [1.807, 2.05) is 24.3 Å². The summed E-state index contributed by atoms with van der Waals surface area (Å²) in [7, 11) is 0. The lowest BCUT2D eigenvalue weighted by Crippen LogP contribution is -2.45. The fourth-order valence-electron chi connectivity index (χ4n) is 7.34. The van der Waals surface area contributed by atoms with E-state index in [2.05, 4.69) is 78.1 Å². The van der Waals surface area contributed by atoms with Crippen molar-refractivity contribution in [3.8, 4) is 22.3 Å². The van der Waals surface area contributed by atoms with Crippen LogP contribution in [0.3, 0.4) is 0 Å². The smallest absolute Gasteiger partial charge is 0.126 e. The van der Waals surface area contributed by atoms with E-state index in [1.165, 1.54) is 24.3 Å². The van der Waals surface area contributed by atoms with Crippen molar-refractivity contribution in [3.05, 3.63) is 180 Å². The van der Waals surface area contributed by atoms with E-state index in [-0.39, 0.29) is 0 Å². The first-order chi connectivity index (χ1) is 27.3. The van der Waals surface area contributed by atoms with Gasteiger partial charge in [-0.25, -0.2) is 17.6 Å². The molecular weight excluding hydrogens is 713 g/mol. The second kappa shape index (κ2) is 19.1. The van der Waals surface area contributed by atoms with Gasteiger partial charge in [0.2, 0.25) is 0 Å². The average molecular weight is 759 g/mol. The van der Waals surface area contributed by atoms with E-state index in [0.717, 1.165) is 45.5 Å². The van der Waals surface area contributed by atoms with Crippen LogP contribution in [0.2, 0.25) is 0 Å². The highest BCUT2D eigenvalue weighted by atomic mass is 19.1. The third-order valence-electron chi connectivity index (χ3n) is 10.3. The molecule has 7 rings (SSSR count). The van der Waals surface area contributed by atoms with Crippen molar-refractivity contribution in [1.82, 2.24) is 29.6 Å². The quantitative estimate of drug-likeness (QED) is 0.130. The third kappa shape index (κ3) is 11.4. The molecule has 0 bridgehead atoms. The molecule has 0 amide bonds. The first-order valence-corrected chi connectivity index (χ1v) is 19.1. The Labute approximate surface area is 326 Å². The van der Waals surface area contributed by atoms with Crippen LogP contribution in [0.25, 0.3) is 22.3 Å². The molecule has 6 nitrogen and oxygen atoms in total. The number of rotatable bonds is 10. The molecule has 0 spiro atoms. The van der Waals surface area contributed by atoms with Crippen LogP contribution in [0.1, 0.15) is 22.3 Å². The van der Waals surface area contributed by atoms with Gasteiger partial charge in [-0.1, -0.05) is 48.5 Å². The summed E-state index contributed by atoms with van der Waals surface area (Å²) in [6, 6.07) is 32.5. The van der Waals surface area contributed by atoms with Crippen LogP contribution in [-0.4, -0.2) is 81.9 Å². The predicted octanol–water partition coefficient (Wildman–Crippen LogP) is 8.69. The molecule has 1 saturated heterocycles. The Hall–Kier alpha value is -5.26. The highest BCUT2D eigenvalue weighted by molar-refractivity contribution is 5.63. The minimum atomic E-state index is -0.582. The molecule has 4 aromatic carbocycles. The minimum Gasteiger partial charge on any atom is -0.297 e. The molecule has 0 N–H and O–H groups in total. The lowest BCUT2D eigenvalue weighted by atomic mass is 10.0. The van der Waals surface area contributed by atoms with Crippen molar-refractivity contribution >= 4 is 0 Å². The number of halogens is 4. The van der Waals surface area contributed by atoms with Crippen molar-refractivity contribution < 1.29 is 17.6 Å². The van der Waals surface area contributed by atoms with Gasteiger partial charge in [0.25, 0.3) is 0 Å². The van der Waals surface area contributed by atoms with E-state index < -0.39 is 23.3 Å². The van der Waals surface area contributed by atoms with Gasteiger partial charge in [0.15, 0.2) is 0 Å². The maximum atomic E-state index is 14.3. The fourth-order valence-corrected chi connectivity index (χ4v) is 7.34. The van der Waals surface area contributed by atoms with Gasteiger partial charge in [0.1, 0.15) is 23.3 Å². The van der Waals surface area contributed by atoms with Crippen molar-refractivity contribution in [3.63, 3.8) is 0 Å². The van der Waals surface area contributed by atoms with Gasteiger partial charge in [0, 0.05) is 115 Å². The molecule has 0 saturated carbocycles. The van der Waals surface area contributed by atoms with Gasteiger partial charge >= 0.3 is 0 Å². The zero-order valence-corrected chi connectivity index (χ0v) is 31.4. The second-order valence-electron chi connectivity index (χ2n) is 14.5. The largest absolute Gasteiger partial charge is 0.297 e. The monoisotopic (exact) mass is 758 g/mol. The van der Waals surface area contributed by atoms with Crippen LogP contribution in [-0.2, 0) is 26.2 Å². The molecule has 1 fully saturated rings. The molecule has 288 valence electrons. The SMILES string of the molecule is Fc1cc(F)cc(CN2CCN(Cc3ccc(-c4ccncc4)cc3)CCN(Cc3cc(F)cc(F)c3)CCN(Cc3ccc(-c4ccncc4)cc3)CC2)c1. The van der Waals surface area contributed by atoms with Crippen LogP contribution in [0.15, 0.2) is 134 Å². The Balaban J connectivity index is 1.13. The molecule has 3 heterocycles. The van der Waals surface area contributed by atoms with Crippen LogP contribution >= 0.6 is 0 Å². The van der Waals surface area contributed by atoms with Crippen molar-refractivity contribution in [2.75, 3.05) is 52.4 Å². The lowest BCUT2D eigenvalue weighted by molar-refractivity contribution is 0.122. The summed E-state index contributed by atoms with van der Waals surface area (Å²) in [5.74, 6) is -2.33.